The van der Waals surface area contributed by atoms with Gasteiger partial charge in [-0.2, -0.15) is 0 Å². The third-order valence-corrected chi connectivity index (χ3v) is 8.50. The lowest BCUT2D eigenvalue weighted by molar-refractivity contribution is -0.136. The molecule has 334 valence electrons. The molecule has 0 aromatic heterocycles. The normalized spacial score (nSPS) is 14.9. The topological polar surface area (TPSA) is 429 Å². The van der Waals surface area contributed by atoms with Crippen LogP contribution in [0.25, 0.3) is 0 Å². The van der Waals surface area contributed by atoms with Crippen molar-refractivity contribution in [1.29, 1.82) is 0 Å². The van der Waals surface area contributed by atoms with Crippen molar-refractivity contribution in [3.63, 3.8) is 0 Å². The van der Waals surface area contributed by atoms with Gasteiger partial charge in [-0.1, -0.05) is 34.1 Å². The predicted molar refractivity (Wildman–Crippen MR) is 206 cm³/mol. The molecule has 8 atom stereocenters. The minimum absolute atomic E-state index is 0.0633. The average molecular weight is 845 g/mol. The summed E-state index contributed by atoms with van der Waals surface area (Å²) >= 11 is 0. The van der Waals surface area contributed by atoms with E-state index in [-0.39, 0.29) is 25.2 Å². The van der Waals surface area contributed by atoms with Crippen LogP contribution in [0.2, 0.25) is 0 Å². The van der Waals surface area contributed by atoms with E-state index in [4.69, 9.17) is 22.9 Å². The zero-order valence-electron chi connectivity index (χ0n) is 33.8. The number of aliphatic hydroxyl groups excluding tert-OH is 2. The molecule has 11 amide bonds. The molecule has 0 heterocycles. The van der Waals surface area contributed by atoms with Crippen molar-refractivity contribution in [3.05, 3.63) is 0 Å². The number of rotatable bonds is 28. The molecule has 0 aliphatic heterocycles. The number of nitrogens with two attached hydrogens (primary N) is 4. The van der Waals surface area contributed by atoms with Crippen molar-refractivity contribution in [2.45, 2.75) is 109 Å². The highest BCUT2D eigenvalue weighted by Crippen LogP contribution is 2.10. The Kier molecular flexibility index (Phi) is 24.2. The van der Waals surface area contributed by atoms with Gasteiger partial charge in [0, 0.05) is 6.42 Å². The summed E-state index contributed by atoms with van der Waals surface area (Å²) in [4.78, 5) is 136. The zero-order valence-corrected chi connectivity index (χ0v) is 33.8. The molecular formula is C34H60N12O13. The summed E-state index contributed by atoms with van der Waals surface area (Å²) in [5, 5.41) is 37.6. The van der Waals surface area contributed by atoms with E-state index in [1.807, 2.05) is 0 Å². The van der Waals surface area contributed by atoms with E-state index in [0.29, 0.717) is 6.42 Å². The molecule has 59 heavy (non-hydrogen) atoms. The fourth-order valence-corrected chi connectivity index (χ4v) is 4.95. The molecule has 0 saturated heterocycles. The molecule has 18 N–H and O–H groups in total. The van der Waals surface area contributed by atoms with E-state index in [0.717, 1.165) is 0 Å². The maximum Gasteiger partial charge on any atom is 0.245 e. The first-order chi connectivity index (χ1) is 27.5. The lowest BCUT2D eigenvalue weighted by atomic mass is 9.97. The van der Waals surface area contributed by atoms with Crippen molar-refractivity contribution >= 4 is 65.0 Å². The molecule has 0 fully saturated rings. The standard InChI is InChI=1S/C34H60N12O13/c1-6-16(4)27(34(59)44-21(13-47)28(38)53)46-33(58)22(14-48)45-29(54)17(5)41-25(51)11-40-31(56)19(7-8-23(36)49)43-32(57)20(9-15(2)3)42-26(52)12-39-30(55)18(35)10-24(37)50/h15-22,27,47-48H,6-14,35H2,1-5H3,(H2,36,49)(H2,37,50)(H2,38,53)(H,39,55)(H,40,56)(H,41,51)(H,42,52)(H,43,57)(H,44,59)(H,45,54)(H,46,58)/t16-,17-,18-,19-,20-,21-,22-,27-/m0/s1. The van der Waals surface area contributed by atoms with Gasteiger partial charge in [0.15, 0.2) is 0 Å². The van der Waals surface area contributed by atoms with E-state index in [1.54, 1.807) is 27.7 Å². The predicted octanol–water partition coefficient (Wildman–Crippen LogP) is -7.82. The molecule has 0 aliphatic carbocycles. The Hall–Kier alpha value is -5.95. The van der Waals surface area contributed by atoms with Crippen LogP contribution < -0.4 is 65.5 Å². The molecule has 0 bridgehead atoms. The van der Waals surface area contributed by atoms with Gasteiger partial charge in [-0.15, -0.1) is 0 Å². The Labute approximate surface area is 340 Å². The lowest BCUT2D eigenvalue weighted by Gasteiger charge is -2.27. The van der Waals surface area contributed by atoms with E-state index in [9.17, 15) is 63.0 Å². The number of primary amides is 3. The van der Waals surface area contributed by atoms with Crippen molar-refractivity contribution in [3.8, 4) is 0 Å². The van der Waals surface area contributed by atoms with Crippen LogP contribution in [0.4, 0.5) is 0 Å². The third-order valence-electron chi connectivity index (χ3n) is 8.50. The smallest absolute Gasteiger partial charge is 0.245 e. The maximum atomic E-state index is 13.3. The Bertz CT molecular complexity index is 1530. The SMILES string of the molecule is CC[C@H](C)[C@H](NC(=O)[C@H](CO)NC(=O)[C@H](C)NC(=O)CNC(=O)[C@H](CCC(N)=O)NC(=O)[C@H](CC(C)C)NC(=O)CNC(=O)[C@@H](N)CC(N)=O)C(=O)N[C@@H](CO)C(N)=O. The van der Waals surface area contributed by atoms with E-state index < -0.39 is 146 Å². The first kappa shape index (κ1) is 53.0. The van der Waals surface area contributed by atoms with Crippen molar-refractivity contribution in [2.24, 2.45) is 34.8 Å². The van der Waals surface area contributed by atoms with Crippen LogP contribution in [0.1, 0.15) is 66.7 Å². The van der Waals surface area contributed by atoms with E-state index in [2.05, 4.69) is 42.5 Å². The number of hydrogen-bond donors (Lipinski definition) is 14. The quantitative estimate of drug-likeness (QED) is 0.0348. The molecule has 25 nitrogen and oxygen atoms in total. The van der Waals surface area contributed by atoms with Crippen LogP contribution in [0, 0.1) is 11.8 Å². The minimum atomic E-state index is -1.62. The molecule has 0 rings (SSSR count). The fraction of sp³-hybridized carbons (Fsp3) is 0.676. The molecule has 0 radical (unpaired) electrons. The summed E-state index contributed by atoms with van der Waals surface area (Å²) in [5.74, 6) is -10.6. The van der Waals surface area contributed by atoms with Gasteiger partial charge in [-0.3, -0.25) is 52.7 Å². The Morgan fingerprint density at radius 3 is 1.56 bits per heavy atom. The zero-order chi connectivity index (χ0) is 45.6. The van der Waals surface area contributed by atoms with Crippen LogP contribution in [0.5, 0.6) is 0 Å². The number of carbonyl (C=O) groups is 11. The summed E-state index contributed by atoms with van der Waals surface area (Å²) in [5.41, 5.74) is 20.9. The second-order valence-corrected chi connectivity index (χ2v) is 14.1. The molecular weight excluding hydrogens is 784 g/mol. The number of nitrogens with one attached hydrogen (secondary N) is 8. The lowest BCUT2D eigenvalue weighted by Crippen LogP contribution is -2.60. The number of carbonyl (C=O) groups excluding carboxylic acids is 11. The van der Waals surface area contributed by atoms with Gasteiger partial charge in [0.05, 0.1) is 38.8 Å². The largest absolute Gasteiger partial charge is 0.394 e. The highest BCUT2D eigenvalue weighted by atomic mass is 16.3. The van der Waals surface area contributed by atoms with Crippen LogP contribution in [0.15, 0.2) is 0 Å². The van der Waals surface area contributed by atoms with Gasteiger partial charge in [-0.25, -0.2) is 0 Å². The first-order valence-corrected chi connectivity index (χ1v) is 18.7. The summed E-state index contributed by atoms with van der Waals surface area (Å²) in [6.07, 6.45) is -0.736. The summed E-state index contributed by atoms with van der Waals surface area (Å²) in [6, 6.07) is -9.68. The molecule has 0 aromatic carbocycles. The molecule has 0 spiro atoms. The van der Waals surface area contributed by atoms with Crippen molar-refractivity contribution < 1.29 is 63.0 Å². The summed E-state index contributed by atoms with van der Waals surface area (Å²) < 4.78 is 0. The van der Waals surface area contributed by atoms with Gasteiger partial charge >= 0.3 is 0 Å². The van der Waals surface area contributed by atoms with E-state index >= 15 is 0 Å². The number of amides is 11. The maximum absolute atomic E-state index is 13.3. The summed E-state index contributed by atoms with van der Waals surface area (Å²) in [7, 11) is 0. The molecule has 25 heteroatoms. The summed E-state index contributed by atoms with van der Waals surface area (Å²) in [6.45, 7) is 4.89. The molecule has 0 aromatic rings. The van der Waals surface area contributed by atoms with Crippen LogP contribution in [-0.4, -0.2) is 144 Å². The van der Waals surface area contributed by atoms with Crippen LogP contribution in [0.3, 0.4) is 0 Å². The Morgan fingerprint density at radius 2 is 1.07 bits per heavy atom. The van der Waals surface area contributed by atoms with Gasteiger partial charge in [0.1, 0.15) is 36.3 Å². The van der Waals surface area contributed by atoms with Gasteiger partial charge < -0.3 is 75.7 Å². The molecule has 0 saturated carbocycles. The highest BCUT2D eigenvalue weighted by Gasteiger charge is 2.33. The van der Waals surface area contributed by atoms with Crippen LogP contribution in [-0.2, 0) is 52.7 Å². The monoisotopic (exact) mass is 844 g/mol. The van der Waals surface area contributed by atoms with Gasteiger partial charge in [0.25, 0.3) is 0 Å². The Balaban J connectivity index is 5.56. The average Bonchev–Trinajstić information content (AvgIpc) is 3.15. The number of aliphatic hydroxyl groups is 2. The van der Waals surface area contributed by atoms with Gasteiger partial charge in [0.2, 0.25) is 65.0 Å². The number of hydrogen-bond acceptors (Lipinski definition) is 14. The second kappa shape index (κ2) is 26.9. The first-order valence-electron chi connectivity index (χ1n) is 18.7. The van der Waals surface area contributed by atoms with Crippen molar-refractivity contribution in [1.82, 2.24) is 42.5 Å². The fourth-order valence-electron chi connectivity index (χ4n) is 4.95. The minimum Gasteiger partial charge on any atom is -0.394 e. The molecule has 0 aliphatic rings. The van der Waals surface area contributed by atoms with Gasteiger partial charge in [-0.05, 0) is 31.6 Å². The third kappa shape index (κ3) is 20.9. The van der Waals surface area contributed by atoms with Crippen LogP contribution >= 0.6 is 0 Å². The van der Waals surface area contributed by atoms with E-state index in [1.165, 1.54) is 6.92 Å². The van der Waals surface area contributed by atoms with Crippen molar-refractivity contribution in [2.75, 3.05) is 26.3 Å². The Morgan fingerprint density at radius 1 is 0.559 bits per heavy atom. The second-order valence-electron chi connectivity index (χ2n) is 14.1. The highest BCUT2D eigenvalue weighted by molar-refractivity contribution is 5.97. The molecule has 0 unspecified atom stereocenters.